The monoisotopic (exact) mass is 363 g/mol. The van der Waals surface area contributed by atoms with Gasteiger partial charge < -0.3 is 10.5 Å². The van der Waals surface area contributed by atoms with Gasteiger partial charge in [-0.3, -0.25) is 0 Å². The fourth-order valence-corrected chi connectivity index (χ4v) is 2.24. The molecule has 2 N–H and O–H groups in total. The Hall–Kier alpha value is -2.06. The van der Waals surface area contributed by atoms with Gasteiger partial charge in [0.2, 0.25) is 0 Å². The van der Waals surface area contributed by atoms with Crippen molar-refractivity contribution in [1.82, 2.24) is 0 Å². The van der Waals surface area contributed by atoms with Crippen molar-refractivity contribution < 1.29 is 31.1 Å². The zero-order chi connectivity index (χ0) is 18.7. The first-order valence-electron chi connectivity index (χ1n) is 7.26. The Morgan fingerprint density at radius 1 is 0.840 bits per heavy atom. The minimum Gasteiger partial charge on any atom is -0.368 e. The van der Waals surface area contributed by atoms with Crippen LogP contribution in [0.2, 0.25) is 0 Å². The molecule has 0 bridgehead atoms. The molecule has 0 fully saturated rings. The summed E-state index contributed by atoms with van der Waals surface area (Å²) in [7, 11) is 0. The van der Waals surface area contributed by atoms with Crippen molar-refractivity contribution in [3.63, 3.8) is 0 Å². The third-order valence-electron chi connectivity index (χ3n) is 3.49. The number of ether oxygens (including phenoxy) is 1. The molecular formula is C17H15F6NO. The topological polar surface area (TPSA) is 35.2 Å². The molecule has 0 radical (unpaired) electrons. The van der Waals surface area contributed by atoms with Crippen molar-refractivity contribution in [1.29, 1.82) is 0 Å². The van der Waals surface area contributed by atoms with Gasteiger partial charge in [0, 0.05) is 6.54 Å². The lowest BCUT2D eigenvalue weighted by molar-refractivity contribution is -0.143. The molecule has 0 amide bonds. The van der Waals surface area contributed by atoms with Crippen LogP contribution in [0.3, 0.4) is 0 Å². The standard InChI is InChI=1S/C17H15F6NO/c18-16(19,20)13-6-12(7-14(8-13)17(21,22)23)15(9-24)25-10-11-4-2-1-3-5-11/h1-8,15H,9-10,24H2. The molecule has 25 heavy (non-hydrogen) atoms. The summed E-state index contributed by atoms with van der Waals surface area (Å²) in [5.41, 5.74) is 3.18. The van der Waals surface area contributed by atoms with Gasteiger partial charge in [0.05, 0.1) is 23.8 Å². The minimum atomic E-state index is -4.91. The molecule has 136 valence electrons. The van der Waals surface area contributed by atoms with Crippen molar-refractivity contribution >= 4 is 0 Å². The van der Waals surface area contributed by atoms with Gasteiger partial charge in [-0.25, -0.2) is 0 Å². The molecule has 0 saturated carbocycles. The second kappa shape index (κ2) is 7.45. The quantitative estimate of drug-likeness (QED) is 0.764. The minimum absolute atomic E-state index is 0.0142. The Balaban J connectivity index is 2.33. The third-order valence-corrected chi connectivity index (χ3v) is 3.49. The molecule has 0 aliphatic heterocycles. The summed E-state index contributed by atoms with van der Waals surface area (Å²) in [5, 5.41) is 0. The van der Waals surface area contributed by atoms with E-state index < -0.39 is 29.6 Å². The van der Waals surface area contributed by atoms with Crippen LogP contribution in [0.1, 0.15) is 28.4 Å². The molecule has 0 heterocycles. The second-order valence-electron chi connectivity index (χ2n) is 5.36. The first-order valence-corrected chi connectivity index (χ1v) is 7.26. The van der Waals surface area contributed by atoms with Crippen LogP contribution >= 0.6 is 0 Å². The van der Waals surface area contributed by atoms with E-state index in [-0.39, 0.29) is 24.8 Å². The lowest BCUT2D eigenvalue weighted by Crippen LogP contribution is -2.19. The fraction of sp³-hybridized carbons (Fsp3) is 0.294. The maximum absolute atomic E-state index is 12.9. The first kappa shape index (κ1) is 19.3. The zero-order valence-corrected chi connectivity index (χ0v) is 12.9. The summed E-state index contributed by atoms with van der Waals surface area (Å²) < 4.78 is 82.9. The van der Waals surface area contributed by atoms with Crippen LogP contribution in [0.15, 0.2) is 48.5 Å². The molecule has 0 aliphatic rings. The second-order valence-corrected chi connectivity index (χ2v) is 5.36. The summed E-state index contributed by atoms with van der Waals surface area (Å²) in [6.07, 6.45) is -10.9. The van der Waals surface area contributed by atoms with Gasteiger partial charge in [-0.05, 0) is 29.3 Å². The average Bonchev–Trinajstić information content (AvgIpc) is 2.54. The van der Waals surface area contributed by atoms with Gasteiger partial charge in [-0.15, -0.1) is 0 Å². The molecule has 0 aliphatic carbocycles. The predicted octanol–water partition coefficient (Wildman–Crippen LogP) is 4.94. The van der Waals surface area contributed by atoms with Crippen LogP contribution < -0.4 is 5.73 Å². The first-order chi connectivity index (χ1) is 11.6. The summed E-state index contributed by atoms with van der Waals surface area (Å²) in [6, 6.07) is 10.0. The molecule has 0 spiro atoms. The number of halogens is 6. The number of nitrogens with two attached hydrogens (primary N) is 1. The van der Waals surface area contributed by atoms with Crippen molar-refractivity contribution in [2.75, 3.05) is 6.54 Å². The number of alkyl halides is 6. The zero-order valence-electron chi connectivity index (χ0n) is 12.9. The van der Waals surface area contributed by atoms with E-state index in [4.69, 9.17) is 10.5 Å². The Kier molecular flexibility index (Phi) is 5.74. The van der Waals surface area contributed by atoms with Crippen molar-refractivity contribution in [2.45, 2.75) is 25.1 Å². The number of hydrogen-bond acceptors (Lipinski definition) is 2. The largest absolute Gasteiger partial charge is 0.416 e. The van der Waals surface area contributed by atoms with Crippen molar-refractivity contribution in [3.8, 4) is 0 Å². The van der Waals surface area contributed by atoms with Crippen LogP contribution in [0.5, 0.6) is 0 Å². The van der Waals surface area contributed by atoms with E-state index in [1.165, 1.54) is 0 Å². The van der Waals surface area contributed by atoms with Crippen LogP contribution in [0.4, 0.5) is 26.3 Å². The highest BCUT2D eigenvalue weighted by atomic mass is 19.4. The highest BCUT2D eigenvalue weighted by Crippen LogP contribution is 2.37. The maximum Gasteiger partial charge on any atom is 0.416 e. The van der Waals surface area contributed by atoms with E-state index in [0.717, 1.165) is 5.56 Å². The van der Waals surface area contributed by atoms with Crippen LogP contribution in [-0.4, -0.2) is 6.54 Å². The van der Waals surface area contributed by atoms with Crippen LogP contribution in [0.25, 0.3) is 0 Å². The van der Waals surface area contributed by atoms with Gasteiger partial charge in [0.1, 0.15) is 0 Å². The lowest BCUT2D eigenvalue weighted by Gasteiger charge is -2.20. The molecule has 2 rings (SSSR count). The smallest absolute Gasteiger partial charge is 0.368 e. The lowest BCUT2D eigenvalue weighted by atomic mass is 10.0. The Labute approximate surface area is 140 Å². The SMILES string of the molecule is NCC(OCc1ccccc1)c1cc(C(F)(F)F)cc(C(F)(F)F)c1. The van der Waals surface area contributed by atoms with Crippen molar-refractivity contribution in [2.24, 2.45) is 5.73 Å². The van der Waals surface area contributed by atoms with Gasteiger partial charge in [-0.2, -0.15) is 26.3 Å². The van der Waals surface area contributed by atoms with E-state index in [0.29, 0.717) is 12.1 Å². The molecule has 2 aromatic rings. The molecule has 2 nitrogen and oxygen atoms in total. The molecule has 8 heteroatoms. The summed E-state index contributed by atoms with van der Waals surface area (Å²) in [4.78, 5) is 0. The van der Waals surface area contributed by atoms with E-state index >= 15 is 0 Å². The van der Waals surface area contributed by atoms with Gasteiger partial charge >= 0.3 is 12.4 Å². The molecular weight excluding hydrogens is 348 g/mol. The van der Waals surface area contributed by atoms with E-state index in [1.807, 2.05) is 0 Å². The Morgan fingerprint density at radius 3 is 1.80 bits per heavy atom. The van der Waals surface area contributed by atoms with Gasteiger partial charge in [0.15, 0.2) is 0 Å². The maximum atomic E-state index is 12.9. The number of hydrogen-bond donors (Lipinski definition) is 1. The van der Waals surface area contributed by atoms with E-state index in [9.17, 15) is 26.3 Å². The molecule has 1 atom stereocenters. The normalized spacial score (nSPS) is 13.7. The predicted molar refractivity (Wildman–Crippen MR) is 79.5 cm³/mol. The Bertz CT molecular complexity index is 664. The summed E-state index contributed by atoms with van der Waals surface area (Å²) in [6.45, 7) is -0.244. The number of rotatable bonds is 5. The third kappa shape index (κ3) is 5.20. The van der Waals surface area contributed by atoms with Crippen molar-refractivity contribution in [3.05, 3.63) is 70.8 Å². The Morgan fingerprint density at radius 2 is 1.36 bits per heavy atom. The highest BCUT2D eigenvalue weighted by molar-refractivity contribution is 5.35. The number of benzene rings is 2. The molecule has 0 saturated heterocycles. The van der Waals surface area contributed by atoms with Gasteiger partial charge in [-0.1, -0.05) is 30.3 Å². The van der Waals surface area contributed by atoms with E-state index in [2.05, 4.69) is 0 Å². The molecule has 0 aromatic heterocycles. The molecule has 1 unspecified atom stereocenters. The summed E-state index contributed by atoms with van der Waals surface area (Å²) >= 11 is 0. The molecule has 2 aromatic carbocycles. The highest BCUT2D eigenvalue weighted by Gasteiger charge is 2.37. The van der Waals surface area contributed by atoms with Gasteiger partial charge in [0.25, 0.3) is 0 Å². The van der Waals surface area contributed by atoms with E-state index in [1.54, 1.807) is 30.3 Å². The average molecular weight is 363 g/mol. The van der Waals surface area contributed by atoms with Crippen LogP contribution in [0, 0.1) is 0 Å². The summed E-state index contributed by atoms with van der Waals surface area (Å²) in [5.74, 6) is 0. The van der Waals surface area contributed by atoms with Crippen LogP contribution in [-0.2, 0) is 23.7 Å². The fourth-order valence-electron chi connectivity index (χ4n) is 2.24.